The fourth-order valence-electron chi connectivity index (χ4n) is 2.50. The van der Waals surface area contributed by atoms with E-state index in [1.807, 2.05) is 0 Å². The molecule has 0 aromatic heterocycles. The van der Waals surface area contributed by atoms with Gasteiger partial charge in [-0.3, -0.25) is 9.59 Å². The Balaban J connectivity index is 2.26. The highest BCUT2D eigenvalue weighted by atomic mass is 32.1. The largest absolute Gasteiger partial charge is 0.392 e. The maximum atomic E-state index is 11.6. The third kappa shape index (κ3) is 6.00. The second-order valence-electron chi connectivity index (χ2n) is 5.13. The van der Waals surface area contributed by atoms with E-state index in [9.17, 15) is 9.59 Å². The maximum Gasteiger partial charge on any atom is 0.309 e. The van der Waals surface area contributed by atoms with Crippen molar-refractivity contribution in [2.75, 3.05) is 6.54 Å². The van der Waals surface area contributed by atoms with E-state index in [2.05, 4.69) is 29.8 Å². The summed E-state index contributed by atoms with van der Waals surface area (Å²) >= 11 is 4.63. The fourth-order valence-corrected chi connectivity index (χ4v) is 2.57. The highest BCUT2D eigenvalue weighted by Crippen LogP contribution is 2.27. The first-order valence-electron chi connectivity index (χ1n) is 6.90. The number of amides is 2. The SMILES string of the molecule is CCCC1CCC(NC(=O)C(=O)NCC(N)=S)CC1. The van der Waals surface area contributed by atoms with Crippen LogP contribution in [0.15, 0.2) is 0 Å². The van der Waals surface area contributed by atoms with Crippen molar-refractivity contribution in [3.63, 3.8) is 0 Å². The first-order chi connectivity index (χ1) is 9.02. The zero-order chi connectivity index (χ0) is 14.3. The molecule has 6 heteroatoms. The molecule has 2 amide bonds. The number of carbonyl (C=O) groups excluding carboxylic acids is 2. The summed E-state index contributed by atoms with van der Waals surface area (Å²) in [5.74, 6) is -0.472. The summed E-state index contributed by atoms with van der Waals surface area (Å²) in [7, 11) is 0. The summed E-state index contributed by atoms with van der Waals surface area (Å²) in [5.41, 5.74) is 5.25. The van der Waals surface area contributed by atoms with E-state index in [4.69, 9.17) is 5.73 Å². The Morgan fingerprint density at radius 2 is 1.84 bits per heavy atom. The van der Waals surface area contributed by atoms with Crippen molar-refractivity contribution in [1.29, 1.82) is 0 Å². The molecule has 0 spiro atoms. The average Bonchev–Trinajstić information content (AvgIpc) is 2.38. The Morgan fingerprint density at radius 1 is 1.21 bits per heavy atom. The molecule has 0 aromatic rings. The second-order valence-corrected chi connectivity index (χ2v) is 5.65. The number of hydrogen-bond donors (Lipinski definition) is 3. The summed E-state index contributed by atoms with van der Waals surface area (Å²) in [6.07, 6.45) is 6.65. The van der Waals surface area contributed by atoms with Gasteiger partial charge in [-0.05, 0) is 31.6 Å². The average molecular weight is 285 g/mol. The molecule has 4 N–H and O–H groups in total. The Labute approximate surface area is 119 Å². The molecule has 1 fully saturated rings. The van der Waals surface area contributed by atoms with Crippen molar-refractivity contribution in [3.8, 4) is 0 Å². The molecular weight excluding hydrogens is 262 g/mol. The summed E-state index contributed by atoms with van der Waals surface area (Å²) in [4.78, 5) is 23.2. The topological polar surface area (TPSA) is 84.2 Å². The number of carbonyl (C=O) groups is 2. The van der Waals surface area contributed by atoms with E-state index in [0.29, 0.717) is 0 Å². The van der Waals surface area contributed by atoms with E-state index in [-0.39, 0.29) is 17.6 Å². The molecule has 1 saturated carbocycles. The summed E-state index contributed by atoms with van der Waals surface area (Å²) in [5, 5.41) is 5.15. The predicted octanol–water partition coefficient (Wildman–Crippen LogP) is 0.864. The van der Waals surface area contributed by atoms with E-state index in [0.717, 1.165) is 31.6 Å². The fraction of sp³-hybridized carbons (Fsp3) is 0.769. The van der Waals surface area contributed by atoms with Crippen molar-refractivity contribution in [3.05, 3.63) is 0 Å². The predicted molar refractivity (Wildman–Crippen MR) is 78.6 cm³/mol. The Morgan fingerprint density at radius 3 is 2.37 bits per heavy atom. The third-order valence-electron chi connectivity index (χ3n) is 3.51. The second kappa shape index (κ2) is 8.09. The van der Waals surface area contributed by atoms with Crippen LogP contribution in [0.2, 0.25) is 0 Å². The lowest BCUT2D eigenvalue weighted by atomic mass is 9.83. The summed E-state index contributed by atoms with van der Waals surface area (Å²) in [6.45, 7) is 2.25. The van der Waals surface area contributed by atoms with Crippen molar-refractivity contribution in [2.24, 2.45) is 11.7 Å². The number of rotatable bonds is 5. The van der Waals surface area contributed by atoms with Crippen LogP contribution in [0.3, 0.4) is 0 Å². The van der Waals surface area contributed by atoms with Gasteiger partial charge < -0.3 is 16.4 Å². The molecule has 1 aliphatic carbocycles. The summed E-state index contributed by atoms with van der Waals surface area (Å²) < 4.78 is 0. The van der Waals surface area contributed by atoms with Gasteiger partial charge in [0.2, 0.25) is 0 Å². The van der Waals surface area contributed by atoms with Gasteiger partial charge in [0.25, 0.3) is 0 Å². The van der Waals surface area contributed by atoms with E-state index in [1.165, 1.54) is 12.8 Å². The lowest BCUT2D eigenvalue weighted by Crippen LogP contribution is -2.47. The number of thiocarbonyl (C=S) groups is 1. The molecule has 0 radical (unpaired) electrons. The highest BCUT2D eigenvalue weighted by molar-refractivity contribution is 7.80. The Kier molecular flexibility index (Phi) is 6.77. The Hall–Kier alpha value is -1.17. The third-order valence-corrected chi connectivity index (χ3v) is 3.65. The molecule has 1 rings (SSSR count). The molecule has 1 aliphatic rings. The normalized spacial score (nSPS) is 22.6. The van der Waals surface area contributed by atoms with Gasteiger partial charge in [-0.2, -0.15) is 0 Å². The van der Waals surface area contributed by atoms with Crippen LogP contribution in [0.4, 0.5) is 0 Å². The number of nitrogens with two attached hydrogens (primary N) is 1. The molecule has 0 saturated heterocycles. The van der Waals surface area contributed by atoms with Gasteiger partial charge in [0, 0.05) is 6.04 Å². The van der Waals surface area contributed by atoms with E-state index in [1.54, 1.807) is 0 Å². The van der Waals surface area contributed by atoms with Gasteiger partial charge in [-0.15, -0.1) is 0 Å². The summed E-state index contributed by atoms with van der Waals surface area (Å²) in [6, 6.07) is 0.121. The van der Waals surface area contributed by atoms with Crippen LogP contribution in [0.1, 0.15) is 45.4 Å². The maximum absolute atomic E-state index is 11.6. The minimum Gasteiger partial charge on any atom is -0.392 e. The van der Waals surface area contributed by atoms with Crippen molar-refractivity contribution in [1.82, 2.24) is 10.6 Å². The van der Waals surface area contributed by atoms with Crippen molar-refractivity contribution >= 4 is 29.0 Å². The first-order valence-corrected chi connectivity index (χ1v) is 7.30. The van der Waals surface area contributed by atoms with Crippen LogP contribution < -0.4 is 16.4 Å². The molecule has 5 nitrogen and oxygen atoms in total. The molecule has 0 heterocycles. The van der Waals surface area contributed by atoms with Crippen molar-refractivity contribution < 1.29 is 9.59 Å². The highest BCUT2D eigenvalue weighted by Gasteiger charge is 2.24. The smallest absolute Gasteiger partial charge is 0.309 e. The van der Waals surface area contributed by atoms with Crippen LogP contribution >= 0.6 is 12.2 Å². The van der Waals surface area contributed by atoms with Crippen LogP contribution in [-0.4, -0.2) is 29.4 Å². The standard InChI is InChI=1S/C13H23N3O2S/c1-2-3-9-4-6-10(7-5-9)16-13(18)12(17)15-8-11(14)19/h9-10H,2-8H2,1H3,(H2,14,19)(H,15,17)(H,16,18). The van der Waals surface area contributed by atoms with Crippen LogP contribution in [0.25, 0.3) is 0 Å². The van der Waals surface area contributed by atoms with Gasteiger partial charge in [-0.25, -0.2) is 0 Å². The van der Waals surface area contributed by atoms with Crippen LogP contribution in [-0.2, 0) is 9.59 Å². The quantitative estimate of drug-likeness (QED) is 0.517. The Bertz CT molecular complexity index is 339. The number of hydrogen-bond acceptors (Lipinski definition) is 3. The molecule has 0 unspecified atom stereocenters. The van der Waals surface area contributed by atoms with Gasteiger partial charge >= 0.3 is 11.8 Å². The monoisotopic (exact) mass is 285 g/mol. The minimum atomic E-state index is -0.663. The lowest BCUT2D eigenvalue weighted by molar-refractivity contribution is -0.139. The molecule has 19 heavy (non-hydrogen) atoms. The van der Waals surface area contributed by atoms with Gasteiger partial charge in [0.1, 0.15) is 0 Å². The van der Waals surface area contributed by atoms with E-state index >= 15 is 0 Å². The zero-order valence-corrected chi connectivity index (χ0v) is 12.2. The molecule has 108 valence electrons. The lowest BCUT2D eigenvalue weighted by Gasteiger charge is -2.28. The molecular formula is C13H23N3O2S. The molecule has 0 bridgehead atoms. The van der Waals surface area contributed by atoms with Crippen LogP contribution in [0, 0.1) is 5.92 Å². The molecule has 0 aliphatic heterocycles. The molecule has 0 aromatic carbocycles. The first kappa shape index (κ1) is 15.9. The van der Waals surface area contributed by atoms with Gasteiger partial charge in [0.05, 0.1) is 11.5 Å². The molecule has 0 atom stereocenters. The van der Waals surface area contributed by atoms with Crippen LogP contribution in [0.5, 0.6) is 0 Å². The minimum absolute atomic E-state index is 0.0603. The zero-order valence-electron chi connectivity index (χ0n) is 11.4. The van der Waals surface area contributed by atoms with Gasteiger partial charge in [-0.1, -0.05) is 32.0 Å². The van der Waals surface area contributed by atoms with E-state index < -0.39 is 11.8 Å². The van der Waals surface area contributed by atoms with Gasteiger partial charge in [0.15, 0.2) is 0 Å². The number of nitrogens with one attached hydrogen (secondary N) is 2. The van der Waals surface area contributed by atoms with Crippen molar-refractivity contribution in [2.45, 2.75) is 51.5 Å².